The van der Waals surface area contributed by atoms with E-state index in [1.54, 1.807) is 4.90 Å². The Balaban J connectivity index is 2.18. The topological polar surface area (TPSA) is 40.5 Å². The van der Waals surface area contributed by atoms with E-state index in [1.807, 2.05) is 0 Å². The number of hydrogen-bond acceptors (Lipinski definition) is 2. The zero-order valence-electron chi connectivity index (χ0n) is 8.05. The minimum absolute atomic E-state index is 0.188. The third-order valence-electron chi connectivity index (χ3n) is 3.31. The number of carboxylic acids is 1. The van der Waals surface area contributed by atoms with Gasteiger partial charge in [-0.2, -0.15) is 13.2 Å². The molecule has 0 amide bonds. The molecule has 1 atom stereocenters. The predicted octanol–water partition coefficient (Wildman–Crippen LogP) is 1.49. The van der Waals surface area contributed by atoms with Gasteiger partial charge in [0.05, 0.1) is 0 Å². The van der Waals surface area contributed by atoms with Crippen LogP contribution in [0.3, 0.4) is 0 Å². The molecule has 1 saturated carbocycles. The summed E-state index contributed by atoms with van der Waals surface area (Å²) < 4.78 is 38.1. The van der Waals surface area contributed by atoms with Crippen LogP contribution in [0.1, 0.15) is 19.3 Å². The first-order valence-electron chi connectivity index (χ1n) is 4.91. The van der Waals surface area contributed by atoms with Crippen molar-refractivity contribution in [2.75, 3.05) is 13.1 Å². The van der Waals surface area contributed by atoms with Crippen LogP contribution in [0.2, 0.25) is 0 Å². The Morgan fingerprint density at radius 2 is 2.00 bits per heavy atom. The molecule has 1 aliphatic heterocycles. The minimum atomic E-state index is -4.65. The fourth-order valence-corrected chi connectivity index (χ4v) is 2.12. The highest BCUT2D eigenvalue weighted by molar-refractivity contribution is 5.76. The van der Waals surface area contributed by atoms with Crippen molar-refractivity contribution in [2.24, 2.45) is 5.41 Å². The summed E-state index contributed by atoms with van der Waals surface area (Å²) in [6, 6.07) is 0.188. The van der Waals surface area contributed by atoms with Crippen LogP contribution in [0.25, 0.3) is 0 Å². The van der Waals surface area contributed by atoms with Crippen molar-refractivity contribution in [1.82, 2.24) is 4.90 Å². The second kappa shape index (κ2) is 3.10. The van der Waals surface area contributed by atoms with E-state index in [1.165, 1.54) is 0 Å². The Bertz CT molecular complexity index is 288. The largest absolute Gasteiger partial charge is 0.481 e. The molecular weight excluding hydrogens is 211 g/mol. The maximum atomic E-state index is 12.7. The number of nitrogens with zero attached hydrogens (tertiary/aromatic N) is 1. The molecule has 2 rings (SSSR count). The molecule has 0 aromatic rings. The molecule has 0 aromatic carbocycles. The quantitative estimate of drug-likeness (QED) is 0.771. The van der Waals surface area contributed by atoms with Gasteiger partial charge in [0.2, 0.25) is 0 Å². The van der Waals surface area contributed by atoms with Crippen molar-refractivity contribution in [3.63, 3.8) is 0 Å². The molecule has 2 fully saturated rings. The van der Waals surface area contributed by atoms with E-state index in [9.17, 15) is 18.0 Å². The summed E-state index contributed by atoms with van der Waals surface area (Å²) in [6.07, 6.45) is -3.17. The van der Waals surface area contributed by atoms with Crippen molar-refractivity contribution in [2.45, 2.75) is 31.5 Å². The maximum absolute atomic E-state index is 12.7. The molecule has 15 heavy (non-hydrogen) atoms. The van der Waals surface area contributed by atoms with Crippen molar-refractivity contribution in [1.29, 1.82) is 0 Å². The summed E-state index contributed by atoms with van der Waals surface area (Å²) in [5.41, 5.74) is -2.53. The molecule has 1 saturated heterocycles. The highest BCUT2D eigenvalue weighted by Gasteiger charge is 2.64. The number of aliphatic carboxylic acids is 1. The molecule has 0 bridgehead atoms. The Kier molecular flexibility index (Phi) is 2.22. The molecule has 1 aliphatic carbocycles. The highest BCUT2D eigenvalue weighted by atomic mass is 19.4. The van der Waals surface area contributed by atoms with Gasteiger partial charge in [-0.3, -0.25) is 9.69 Å². The van der Waals surface area contributed by atoms with Crippen LogP contribution >= 0.6 is 0 Å². The van der Waals surface area contributed by atoms with Gasteiger partial charge in [-0.05, 0) is 25.8 Å². The van der Waals surface area contributed by atoms with Crippen molar-refractivity contribution < 1.29 is 23.1 Å². The standard InChI is InChI=1S/C9H12F3NO2/c10-9(11,12)8(7(14)15)3-4-13(5-8)6-1-2-6/h6H,1-5H2,(H,14,15). The van der Waals surface area contributed by atoms with E-state index in [4.69, 9.17) is 5.11 Å². The summed E-state index contributed by atoms with van der Waals surface area (Å²) in [7, 11) is 0. The molecule has 2 aliphatic rings. The van der Waals surface area contributed by atoms with Crippen molar-refractivity contribution in [3.8, 4) is 0 Å². The van der Waals surface area contributed by atoms with E-state index in [0.717, 1.165) is 12.8 Å². The average Bonchev–Trinajstić information content (AvgIpc) is 2.82. The SMILES string of the molecule is O=C(O)C1(C(F)(F)F)CCN(C2CC2)C1. The molecule has 6 heteroatoms. The van der Waals surface area contributed by atoms with Crippen LogP contribution in [-0.4, -0.2) is 41.3 Å². The summed E-state index contributed by atoms with van der Waals surface area (Å²) in [5.74, 6) is -1.74. The van der Waals surface area contributed by atoms with Crippen LogP contribution in [-0.2, 0) is 4.79 Å². The summed E-state index contributed by atoms with van der Waals surface area (Å²) in [4.78, 5) is 12.5. The van der Waals surface area contributed by atoms with Crippen molar-refractivity contribution >= 4 is 5.97 Å². The van der Waals surface area contributed by atoms with Crippen LogP contribution in [0, 0.1) is 5.41 Å². The summed E-state index contributed by atoms with van der Waals surface area (Å²) >= 11 is 0. The van der Waals surface area contributed by atoms with E-state index >= 15 is 0 Å². The number of carboxylic acid groups (broad SMARTS) is 1. The van der Waals surface area contributed by atoms with Gasteiger partial charge in [0.25, 0.3) is 0 Å². The Labute approximate surface area is 84.9 Å². The van der Waals surface area contributed by atoms with E-state index < -0.39 is 17.6 Å². The van der Waals surface area contributed by atoms with Gasteiger partial charge in [-0.25, -0.2) is 0 Å². The predicted molar refractivity (Wildman–Crippen MR) is 45.3 cm³/mol. The number of rotatable bonds is 2. The minimum Gasteiger partial charge on any atom is -0.481 e. The highest BCUT2D eigenvalue weighted by Crippen LogP contribution is 2.48. The number of carbonyl (C=O) groups is 1. The monoisotopic (exact) mass is 223 g/mol. The maximum Gasteiger partial charge on any atom is 0.406 e. The normalized spacial score (nSPS) is 33.3. The van der Waals surface area contributed by atoms with Gasteiger partial charge >= 0.3 is 12.1 Å². The van der Waals surface area contributed by atoms with Gasteiger partial charge in [-0.1, -0.05) is 0 Å². The Morgan fingerprint density at radius 3 is 2.33 bits per heavy atom. The van der Waals surface area contributed by atoms with Crippen LogP contribution < -0.4 is 0 Å². The lowest BCUT2D eigenvalue weighted by Gasteiger charge is -2.27. The van der Waals surface area contributed by atoms with Gasteiger partial charge in [0.1, 0.15) is 0 Å². The average molecular weight is 223 g/mol. The van der Waals surface area contributed by atoms with Crippen LogP contribution in [0.5, 0.6) is 0 Å². The van der Waals surface area contributed by atoms with E-state index in [-0.39, 0.29) is 25.6 Å². The molecule has 0 aromatic heterocycles. The summed E-state index contributed by atoms with van der Waals surface area (Å²) in [5, 5.41) is 8.77. The fourth-order valence-electron chi connectivity index (χ4n) is 2.12. The van der Waals surface area contributed by atoms with Gasteiger partial charge in [-0.15, -0.1) is 0 Å². The second-order valence-corrected chi connectivity index (χ2v) is 4.34. The molecule has 3 nitrogen and oxygen atoms in total. The van der Waals surface area contributed by atoms with Crippen molar-refractivity contribution in [3.05, 3.63) is 0 Å². The number of alkyl halides is 3. The smallest absolute Gasteiger partial charge is 0.406 e. The molecule has 86 valence electrons. The Morgan fingerprint density at radius 1 is 1.40 bits per heavy atom. The fraction of sp³-hybridized carbons (Fsp3) is 0.889. The Hall–Kier alpha value is -0.780. The third kappa shape index (κ3) is 1.60. The molecule has 0 radical (unpaired) electrons. The molecule has 1 heterocycles. The van der Waals surface area contributed by atoms with Gasteiger partial charge in [0.15, 0.2) is 5.41 Å². The molecule has 1 unspecified atom stereocenters. The summed E-state index contributed by atoms with van der Waals surface area (Å²) in [6.45, 7) is -0.132. The molecule has 0 spiro atoms. The first-order valence-corrected chi connectivity index (χ1v) is 4.91. The first-order chi connectivity index (χ1) is 6.87. The lowest BCUT2D eigenvalue weighted by Crippen LogP contribution is -2.47. The number of halogens is 3. The van der Waals surface area contributed by atoms with E-state index in [0.29, 0.717) is 0 Å². The lowest BCUT2D eigenvalue weighted by atomic mass is 9.86. The lowest BCUT2D eigenvalue weighted by molar-refractivity contribution is -0.227. The third-order valence-corrected chi connectivity index (χ3v) is 3.31. The van der Waals surface area contributed by atoms with E-state index in [2.05, 4.69) is 0 Å². The number of likely N-dealkylation sites (tertiary alicyclic amines) is 1. The molecule has 1 N–H and O–H groups in total. The van der Waals surface area contributed by atoms with Crippen LogP contribution in [0.15, 0.2) is 0 Å². The zero-order valence-corrected chi connectivity index (χ0v) is 8.05. The van der Waals surface area contributed by atoms with Gasteiger partial charge < -0.3 is 5.11 Å². The number of hydrogen-bond donors (Lipinski definition) is 1. The van der Waals surface area contributed by atoms with Crippen LogP contribution in [0.4, 0.5) is 13.2 Å². The van der Waals surface area contributed by atoms with Gasteiger partial charge in [0, 0.05) is 12.6 Å². The zero-order chi connectivity index (χ0) is 11.3. The first kappa shape index (κ1) is 10.7. The second-order valence-electron chi connectivity index (χ2n) is 4.34. The molecular formula is C9H12F3NO2.